The maximum atomic E-state index is 3.43. The molecule has 0 spiro atoms. The average Bonchev–Trinajstić information content (AvgIpc) is 2.88. The summed E-state index contributed by atoms with van der Waals surface area (Å²) >= 11 is 1.91. The molecular formula is C16H22N2S. The minimum Gasteiger partial charge on any atom is -0.353 e. The number of aromatic nitrogens is 1. The van der Waals surface area contributed by atoms with Crippen molar-refractivity contribution >= 4 is 11.8 Å². The summed E-state index contributed by atoms with van der Waals surface area (Å²) in [5.74, 6) is 1.11. The van der Waals surface area contributed by atoms with Crippen molar-refractivity contribution in [2.75, 3.05) is 12.3 Å². The molecule has 2 nitrogen and oxygen atoms in total. The van der Waals surface area contributed by atoms with Crippen molar-refractivity contribution in [1.29, 1.82) is 0 Å². The number of benzene rings is 1. The van der Waals surface area contributed by atoms with Crippen LogP contribution in [0.15, 0.2) is 53.7 Å². The molecule has 19 heavy (non-hydrogen) atoms. The molecule has 0 radical (unpaired) electrons. The van der Waals surface area contributed by atoms with E-state index in [1.807, 2.05) is 11.8 Å². The van der Waals surface area contributed by atoms with Crippen molar-refractivity contribution in [1.82, 2.24) is 9.88 Å². The van der Waals surface area contributed by atoms with Crippen molar-refractivity contribution in [3.63, 3.8) is 0 Å². The molecule has 1 heterocycles. The first-order valence-corrected chi connectivity index (χ1v) is 7.90. The van der Waals surface area contributed by atoms with E-state index in [2.05, 4.69) is 65.6 Å². The standard InChI is InChI=1S/C16H22N2S/c1-2-9-17-13-15-8-10-18(14-15)11-12-19-16-6-4-3-5-7-16/h3-8,10,14,17H,2,9,11-13H2,1H3. The van der Waals surface area contributed by atoms with Crippen LogP contribution in [-0.4, -0.2) is 16.9 Å². The lowest BCUT2D eigenvalue weighted by atomic mass is 10.3. The molecule has 0 aliphatic heterocycles. The molecule has 0 amide bonds. The molecule has 0 unspecified atom stereocenters. The molecule has 0 saturated carbocycles. The third kappa shape index (κ3) is 5.13. The first kappa shape index (κ1) is 14.2. The summed E-state index contributed by atoms with van der Waals surface area (Å²) in [5.41, 5.74) is 1.37. The molecule has 1 N–H and O–H groups in total. The molecule has 1 aromatic heterocycles. The number of aryl methyl sites for hydroxylation is 1. The number of hydrogen-bond acceptors (Lipinski definition) is 2. The SMILES string of the molecule is CCCNCc1ccn(CCSc2ccccc2)c1. The van der Waals surface area contributed by atoms with Crippen LogP contribution in [0.3, 0.4) is 0 Å². The van der Waals surface area contributed by atoms with Gasteiger partial charge in [-0.3, -0.25) is 0 Å². The number of rotatable bonds is 8. The molecule has 0 atom stereocenters. The van der Waals surface area contributed by atoms with Gasteiger partial charge in [-0.15, -0.1) is 11.8 Å². The van der Waals surface area contributed by atoms with Crippen molar-refractivity contribution in [2.24, 2.45) is 0 Å². The Bertz CT molecular complexity index is 465. The van der Waals surface area contributed by atoms with Crippen molar-refractivity contribution in [2.45, 2.75) is 31.3 Å². The van der Waals surface area contributed by atoms with Crippen LogP contribution in [-0.2, 0) is 13.1 Å². The quantitative estimate of drug-likeness (QED) is 0.583. The van der Waals surface area contributed by atoms with Gasteiger partial charge in [0.2, 0.25) is 0 Å². The van der Waals surface area contributed by atoms with Crippen LogP contribution < -0.4 is 5.32 Å². The van der Waals surface area contributed by atoms with Gasteiger partial charge in [0.05, 0.1) is 0 Å². The Morgan fingerprint density at radius 2 is 2.00 bits per heavy atom. The summed E-state index contributed by atoms with van der Waals surface area (Å²) in [6.45, 7) is 5.33. The molecule has 3 heteroatoms. The Balaban J connectivity index is 1.71. The molecular weight excluding hydrogens is 252 g/mol. The first-order chi connectivity index (χ1) is 9.38. The van der Waals surface area contributed by atoms with Gasteiger partial charge in [-0.05, 0) is 36.7 Å². The van der Waals surface area contributed by atoms with E-state index < -0.39 is 0 Å². The highest BCUT2D eigenvalue weighted by Crippen LogP contribution is 2.17. The van der Waals surface area contributed by atoms with Gasteiger partial charge in [-0.25, -0.2) is 0 Å². The predicted molar refractivity (Wildman–Crippen MR) is 83.6 cm³/mol. The maximum Gasteiger partial charge on any atom is 0.0314 e. The molecule has 0 aliphatic carbocycles. The second kappa shape index (κ2) is 8.08. The molecule has 0 bridgehead atoms. The third-order valence-corrected chi connectivity index (χ3v) is 3.92. The Labute approximate surface area is 120 Å². The summed E-state index contributed by atoms with van der Waals surface area (Å²) < 4.78 is 2.28. The van der Waals surface area contributed by atoms with Gasteiger partial charge in [0.1, 0.15) is 0 Å². The van der Waals surface area contributed by atoms with Gasteiger partial charge >= 0.3 is 0 Å². The zero-order chi connectivity index (χ0) is 13.3. The van der Waals surface area contributed by atoms with Crippen LogP contribution in [0, 0.1) is 0 Å². The zero-order valence-corrected chi connectivity index (χ0v) is 12.3. The van der Waals surface area contributed by atoms with E-state index in [1.165, 1.54) is 16.9 Å². The Morgan fingerprint density at radius 1 is 1.16 bits per heavy atom. The van der Waals surface area contributed by atoms with Gasteiger partial charge < -0.3 is 9.88 Å². The van der Waals surface area contributed by atoms with Crippen LogP contribution in [0.25, 0.3) is 0 Å². The lowest BCUT2D eigenvalue weighted by Gasteiger charge is -2.03. The van der Waals surface area contributed by atoms with E-state index in [0.29, 0.717) is 0 Å². The predicted octanol–water partition coefficient (Wildman–Crippen LogP) is 3.78. The average molecular weight is 274 g/mol. The highest BCUT2D eigenvalue weighted by atomic mass is 32.2. The smallest absolute Gasteiger partial charge is 0.0314 e. The molecule has 1 aromatic carbocycles. The zero-order valence-electron chi connectivity index (χ0n) is 11.5. The van der Waals surface area contributed by atoms with E-state index in [-0.39, 0.29) is 0 Å². The van der Waals surface area contributed by atoms with Crippen LogP contribution in [0.4, 0.5) is 0 Å². The van der Waals surface area contributed by atoms with Crippen LogP contribution in [0.5, 0.6) is 0 Å². The molecule has 2 aromatic rings. The van der Waals surface area contributed by atoms with Crippen molar-refractivity contribution in [3.05, 3.63) is 54.4 Å². The van der Waals surface area contributed by atoms with E-state index in [0.717, 1.165) is 25.4 Å². The third-order valence-electron chi connectivity index (χ3n) is 2.93. The van der Waals surface area contributed by atoms with Gasteiger partial charge in [-0.1, -0.05) is 25.1 Å². The highest BCUT2D eigenvalue weighted by molar-refractivity contribution is 7.99. The first-order valence-electron chi connectivity index (χ1n) is 6.91. The number of nitrogens with zero attached hydrogens (tertiary/aromatic N) is 1. The normalized spacial score (nSPS) is 10.8. The molecule has 2 rings (SSSR count). The second-order valence-corrected chi connectivity index (χ2v) is 5.76. The molecule has 0 aliphatic rings. The molecule has 0 fully saturated rings. The van der Waals surface area contributed by atoms with Crippen LogP contribution in [0.1, 0.15) is 18.9 Å². The lowest BCUT2D eigenvalue weighted by molar-refractivity contribution is 0.672. The fourth-order valence-corrected chi connectivity index (χ4v) is 2.82. The highest BCUT2D eigenvalue weighted by Gasteiger charge is 1.97. The van der Waals surface area contributed by atoms with E-state index in [9.17, 15) is 0 Å². The van der Waals surface area contributed by atoms with E-state index >= 15 is 0 Å². The minimum atomic E-state index is 0.979. The summed E-state index contributed by atoms with van der Waals surface area (Å²) in [7, 11) is 0. The maximum absolute atomic E-state index is 3.43. The Kier molecular flexibility index (Phi) is 6.05. The largest absolute Gasteiger partial charge is 0.353 e. The van der Waals surface area contributed by atoms with E-state index in [1.54, 1.807) is 0 Å². The fourth-order valence-electron chi connectivity index (χ4n) is 1.93. The minimum absolute atomic E-state index is 0.979. The van der Waals surface area contributed by atoms with Crippen molar-refractivity contribution < 1.29 is 0 Å². The number of nitrogens with one attached hydrogen (secondary N) is 1. The van der Waals surface area contributed by atoms with Gasteiger partial charge in [0, 0.05) is 36.1 Å². The summed E-state index contributed by atoms with van der Waals surface area (Å²) in [6, 6.07) is 12.8. The van der Waals surface area contributed by atoms with Gasteiger partial charge in [-0.2, -0.15) is 0 Å². The summed E-state index contributed by atoms with van der Waals surface area (Å²) in [5, 5.41) is 3.43. The molecule has 0 saturated heterocycles. The van der Waals surface area contributed by atoms with Crippen LogP contribution in [0.2, 0.25) is 0 Å². The molecule has 102 valence electrons. The summed E-state index contributed by atoms with van der Waals surface area (Å²) in [6.07, 6.45) is 5.61. The second-order valence-electron chi connectivity index (χ2n) is 4.60. The Morgan fingerprint density at radius 3 is 2.79 bits per heavy atom. The number of thioether (sulfide) groups is 1. The van der Waals surface area contributed by atoms with Gasteiger partial charge in [0.15, 0.2) is 0 Å². The van der Waals surface area contributed by atoms with Crippen LogP contribution >= 0.6 is 11.8 Å². The monoisotopic (exact) mass is 274 g/mol. The van der Waals surface area contributed by atoms with E-state index in [4.69, 9.17) is 0 Å². The number of hydrogen-bond donors (Lipinski definition) is 1. The van der Waals surface area contributed by atoms with Gasteiger partial charge in [0.25, 0.3) is 0 Å². The lowest BCUT2D eigenvalue weighted by Crippen LogP contribution is -2.13. The topological polar surface area (TPSA) is 17.0 Å². The fraction of sp³-hybridized carbons (Fsp3) is 0.375. The Hall–Kier alpha value is -1.19. The van der Waals surface area contributed by atoms with Crippen molar-refractivity contribution in [3.8, 4) is 0 Å². The summed E-state index contributed by atoms with van der Waals surface area (Å²) in [4.78, 5) is 1.35.